The average Bonchev–Trinajstić information content (AvgIpc) is 3.72. The molecule has 6 N–H and O–H groups in total. The van der Waals surface area contributed by atoms with Crippen molar-refractivity contribution in [2.75, 3.05) is 18.9 Å². The summed E-state index contributed by atoms with van der Waals surface area (Å²) in [5.41, 5.74) is 5.95. The summed E-state index contributed by atoms with van der Waals surface area (Å²) in [6.45, 7) is -1.70. The SMILES string of the molecule is N=C1N=C2C(N=CN2[C@@H]2O[C@@H]3COP(=O)([O-])O[C@H]4[C@@H](F)[C@H](n5cnc6c(N)ncnc65)O[C@@H]4CNS(=O)(=O)O[C@H]3[C@H]2O)C(=O)N1. The minimum absolute atomic E-state index is 0.0111. The molecule has 0 bridgehead atoms. The number of rotatable bonds is 2. The molecule has 25 heteroatoms. The van der Waals surface area contributed by atoms with Crippen molar-refractivity contribution in [1.82, 2.24) is 34.5 Å². The van der Waals surface area contributed by atoms with Crippen LogP contribution in [0.2, 0.25) is 0 Å². The van der Waals surface area contributed by atoms with Crippen molar-refractivity contribution in [3.8, 4) is 0 Å². The van der Waals surface area contributed by atoms with Gasteiger partial charge in [0.1, 0.15) is 42.4 Å². The fourth-order valence-corrected chi connectivity index (χ4v) is 7.32. The van der Waals surface area contributed by atoms with Gasteiger partial charge in [-0.3, -0.25) is 34.5 Å². The zero-order valence-electron chi connectivity index (χ0n) is 22.3. The lowest BCUT2D eigenvalue weighted by Gasteiger charge is -2.31. The van der Waals surface area contributed by atoms with Gasteiger partial charge in [-0.1, -0.05) is 0 Å². The minimum Gasteiger partial charge on any atom is -0.756 e. The molecule has 2 aromatic heterocycles. The smallest absolute Gasteiger partial charge is 0.336 e. The predicted octanol–water partition coefficient (Wildman–Crippen LogP) is -3.99. The molecule has 3 fully saturated rings. The topological polar surface area (TPSA) is 303 Å². The van der Waals surface area contributed by atoms with Gasteiger partial charge in [-0.05, 0) is 0 Å². The number of aliphatic imine (C=N–C) groups is 2. The standard InChI is InChI=1S/C20H23FN11O11PS/c21-8-12-6(40-18(8)31-4-26-9-14(22)24-3-25-15(9)31)1-28-45(37,38)43-13-7(2-39-44(35,36)42-12)41-19(11(13)33)32-5-27-10-16(32)29-20(23)30-17(10)34/h3-8,10-13,18-19,28,33H,1-2H2,(H,35,36)(H2,22,24,25)(H2,23,30,34)/p-1/t6-,7-,8-,10?,11-,12-,13-,18-,19-/m1/s1. The van der Waals surface area contributed by atoms with Crippen molar-refractivity contribution in [2.24, 2.45) is 9.98 Å². The van der Waals surface area contributed by atoms with Crippen LogP contribution in [0.1, 0.15) is 6.23 Å². The first kappa shape index (κ1) is 30.1. The van der Waals surface area contributed by atoms with E-state index in [1.165, 1.54) is 0 Å². The largest absolute Gasteiger partial charge is 0.756 e. The normalized spacial score (nSPS) is 39.8. The highest BCUT2D eigenvalue weighted by Crippen LogP contribution is 2.47. The second-order valence-electron chi connectivity index (χ2n) is 10.2. The van der Waals surface area contributed by atoms with Crippen LogP contribution in [0.25, 0.3) is 11.2 Å². The van der Waals surface area contributed by atoms with E-state index in [4.69, 9.17) is 33.8 Å². The zero-order valence-corrected chi connectivity index (χ0v) is 24.0. The quantitative estimate of drug-likeness (QED) is 0.190. The Hall–Kier alpha value is -3.58. The van der Waals surface area contributed by atoms with Crippen LogP contribution in [0.4, 0.5) is 10.2 Å². The van der Waals surface area contributed by atoms with Crippen molar-refractivity contribution < 1.29 is 54.9 Å². The zero-order chi connectivity index (χ0) is 31.8. The van der Waals surface area contributed by atoms with E-state index in [0.717, 1.165) is 28.5 Å². The maximum Gasteiger partial charge on any atom is 0.336 e. The lowest BCUT2D eigenvalue weighted by atomic mass is 10.1. The van der Waals surface area contributed by atoms with E-state index < -0.39 is 98.3 Å². The van der Waals surface area contributed by atoms with Crippen LogP contribution in [0.3, 0.4) is 0 Å². The number of phosphoric ester groups is 1. The van der Waals surface area contributed by atoms with Gasteiger partial charge in [0, 0.05) is 6.54 Å². The van der Waals surface area contributed by atoms with Gasteiger partial charge in [0.25, 0.3) is 13.7 Å². The number of aromatic nitrogens is 4. The van der Waals surface area contributed by atoms with E-state index in [0.29, 0.717) is 0 Å². The Balaban J connectivity index is 1.14. The highest BCUT2D eigenvalue weighted by Gasteiger charge is 2.54. The third-order valence-electron chi connectivity index (χ3n) is 7.42. The molecule has 10 atom stereocenters. The number of halogens is 1. The molecule has 0 aromatic carbocycles. The number of nitrogen functional groups attached to an aromatic ring is 1. The van der Waals surface area contributed by atoms with E-state index in [2.05, 4.69) is 30.3 Å². The van der Waals surface area contributed by atoms with Crippen molar-refractivity contribution in [3.63, 3.8) is 0 Å². The van der Waals surface area contributed by atoms with Crippen LogP contribution in [0.15, 0.2) is 22.6 Å². The molecule has 0 saturated carbocycles. The van der Waals surface area contributed by atoms with Gasteiger partial charge in [0.05, 0.1) is 19.3 Å². The summed E-state index contributed by atoms with van der Waals surface area (Å²) in [6, 6.07) is -1.18. The van der Waals surface area contributed by atoms with Gasteiger partial charge in [-0.15, -0.1) is 0 Å². The van der Waals surface area contributed by atoms with Gasteiger partial charge in [-0.2, -0.15) is 18.1 Å². The van der Waals surface area contributed by atoms with E-state index >= 15 is 4.39 Å². The Morgan fingerprint density at radius 3 is 2.78 bits per heavy atom. The summed E-state index contributed by atoms with van der Waals surface area (Å²) in [5.74, 6) is -1.32. The first-order valence-electron chi connectivity index (χ1n) is 13.0. The number of carbonyl (C=O) groups excluding carboxylic acids is 1. The summed E-state index contributed by atoms with van der Waals surface area (Å²) in [7, 11) is -10.1. The second-order valence-corrected chi connectivity index (χ2v) is 13.0. The third kappa shape index (κ3) is 5.27. The number of amides is 1. The number of nitrogens with zero attached hydrogens (tertiary/aromatic N) is 7. The first-order chi connectivity index (χ1) is 21.3. The molecule has 7 heterocycles. The van der Waals surface area contributed by atoms with E-state index in [-0.39, 0.29) is 22.8 Å². The fourth-order valence-electron chi connectivity index (χ4n) is 5.41. The average molecular weight is 675 g/mol. The molecular formula is C20H22FN11O11PS-. The Labute approximate surface area is 250 Å². The van der Waals surface area contributed by atoms with Gasteiger partial charge >= 0.3 is 10.3 Å². The molecule has 5 aliphatic rings. The van der Waals surface area contributed by atoms with Gasteiger partial charge < -0.3 is 34.3 Å². The first-order valence-corrected chi connectivity index (χ1v) is 15.9. The molecule has 3 saturated heterocycles. The number of guanidine groups is 1. The number of aliphatic hydroxyl groups excluding tert-OH is 1. The number of ether oxygens (including phenoxy) is 2. The molecular weight excluding hydrogens is 652 g/mol. The number of aliphatic hydroxyl groups is 1. The van der Waals surface area contributed by atoms with Crippen LogP contribution in [0, 0.1) is 5.41 Å². The molecule has 242 valence electrons. The number of imidazole rings is 1. The molecule has 7 rings (SSSR count). The number of carbonyl (C=O) groups is 1. The number of amidine groups is 1. The van der Waals surface area contributed by atoms with Crippen LogP contribution in [-0.4, -0.2) is 124 Å². The lowest BCUT2D eigenvalue weighted by molar-refractivity contribution is -0.235. The Kier molecular flexibility index (Phi) is 7.19. The fraction of sp³-hybridized carbons (Fsp3) is 0.550. The molecule has 22 nitrogen and oxygen atoms in total. The van der Waals surface area contributed by atoms with E-state index in [9.17, 15) is 27.8 Å². The molecule has 1 amide bonds. The van der Waals surface area contributed by atoms with Gasteiger partial charge in [0.15, 0.2) is 42.0 Å². The summed E-state index contributed by atoms with van der Waals surface area (Å²) in [5, 5.41) is 20.9. The van der Waals surface area contributed by atoms with Gasteiger partial charge in [-0.25, -0.2) is 23.5 Å². The summed E-state index contributed by atoms with van der Waals surface area (Å²) in [4.78, 5) is 45.9. The molecule has 2 aromatic rings. The molecule has 0 aliphatic carbocycles. The van der Waals surface area contributed by atoms with Crippen molar-refractivity contribution in [3.05, 3.63) is 12.7 Å². The molecule has 2 unspecified atom stereocenters. The van der Waals surface area contributed by atoms with Crippen molar-refractivity contribution in [2.45, 2.75) is 55.2 Å². The number of fused-ring (bicyclic) bond motifs is 4. The maximum absolute atomic E-state index is 15.8. The Morgan fingerprint density at radius 2 is 1.98 bits per heavy atom. The summed E-state index contributed by atoms with van der Waals surface area (Å²) in [6.07, 6.45) is -10.7. The Morgan fingerprint density at radius 1 is 1.20 bits per heavy atom. The predicted molar refractivity (Wildman–Crippen MR) is 141 cm³/mol. The molecule has 5 aliphatic heterocycles. The number of hydrogen-bond donors (Lipinski definition) is 5. The highest BCUT2D eigenvalue weighted by molar-refractivity contribution is 7.84. The highest BCUT2D eigenvalue weighted by atomic mass is 32.2. The molecule has 0 spiro atoms. The maximum atomic E-state index is 15.8. The summed E-state index contributed by atoms with van der Waals surface area (Å²) >= 11 is 0. The van der Waals surface area contributed by atoms with Crippen LogP contribution in [-0.2, 0) is 42.4 Å². The van der Waals surface area contributed by atoms with Crippen LogP contribution in [0.5, 0.6) is 0 Å². The number of phosphoric acid groups is 1. The second kappa shape index (κ2) is 10.8. The summed E-state index contributed by atoms with van der Waals surface area (Å²) < 4.78 is 84.5. The van der Waals surface area contributed by atoms with Crippen molar-refractivity contribution in [1.29, 1.82) is 5.41 Å². The third-order valence-corrected chi connectivity index (χ3v) is 9.39. The minimum atomic E-state index is -5.37. The number of anilines is 1. The van der Waals surface area contributed by atoms with E-state index in [1.807, 2.05) is 4.72 Å². The number of nitrogens with one attached hydrogen (secondary N) is 3. The number of hydrogen-bond acceptors (Lipinski definition) is 18. The Bertz CT molecular complexity index is 1790. The lowest BCUT2D eigenvalue weighted by Crippen LogP contribution is -2.53. The number of nitrogens with two attached hydrogens (primary N) is 1. The van der Waals surface area contributed by atoms with Crippen LogP contribution < -0.4 is 20.7 Å². The monoisotopic (exact) mass is 674 g/mol. The number of alkyl halides is 1. The molecule has 0 radical (unpaired) electrons. The van der Waals surface area contributed by atoms with Crippen LogP contribution >= 0.6 is 7.82 Å². The van der Waals surface area contributed by atoms with Gasteiger partial charge in [0.2, 0.25) is 5.96 Å². The van der Waals surface area contributed by atoms with E-state index in [1.54, 1.807) is 0 Å². The molecule has 45 heavy (non-hydrogen) atoms. The van der Waals surface area contributed by atoms with Crippen molar-refractivity contribution >= 4 is 59.1 Å².